The van der Waals surface area contributed by atoms with Crippen LogP contribution >= 0.6 is 0 Å². The van der Waals surface area contributed by atoms with Gasteiger partial charge in [0.2, 0.25) is 0 Å². The molecule has 1 heterocycles. The van der Waals surface area contributed by atoms with E-state index in [9.17, 15) is 9.18 Å². The van der Waals surface area contributed by atoms with Crippen molar-refractivity contribution in [3.63, 3.8) is 0 Å². The predicted molar refractivity (Wildman–Crippen MR) is 66.1 cm³/mol. The van der Waals surface area contributed by atoms with Gasteiger partial charge in [-0.1, -0.05) is 6.07 Å². The van der Waals surface area contributed by atoms with Gasteiger partial charge >= 0.3 is 5.97 Å². The topological polar surface area (TPSA) is 59.0 Å². The lowest BCUT2D eigenvalue weighted by atomic mass is 10.2. The van der Waals surface area contributed by atoms with Crippen LogP contribution in [0.1, 0.15) is 10.4 Å². The summed E-state index contributed by atoms with van der Waals surface area (Å²) in [5, 5.41) is 8.97. The monoisotopic (exact) mass is 269 g/mol. The Bertz CT molecular complexity index is 466. The quantitative estimate of drug-likeness (QED) is 0.891. The minimum absolute atomic E-state index is 0.0318. The van der Waals surface area contributed by atoms with E-state index in [1.807, 2.05) is 7.05 Å². The second-order valence-corrected chi connectivity index (χ2v) is 4.48. The highest BCUT2D eigenvalue weighted by Gasteiger charge is 2.21. The van der Waals surface area contributed by atoms with Crippen molar-refractivity contribution in [2.75, 3.05) is 33.4 Å². The van der Waals surface area contributed by atoms with E-state index >= 15 is 0 Å². The fraction of sp³-hybridized carbons (Fsp3) is 0.462. The molecular weight excluding hydrogens is 253 g/mol. The Hall–Kier alpha value is -1.66. The van der Waals surface area contributed by atoms with Gasteiger partial charge in [0.25, 0.3) is 0 Å². The molecule has 1 saturated heterocycles. The molecule has 0 spiro atoms. The summed E-state index contributed by atoms with van der Waals surface area (Å²) < 4.78 is 24.3. The first-order chi connectivity index (χ1) is 9.08. The van der Waals surface area contributed by atoms with Crippen LogP contribution in [-0.2, 0) is 4.74 Å². The zero-order valence-corrected chi connectivity index (χ0v) is 10.6. The fourth-order valence-corrected chi connectivity index (χ4v) is 1.98. The number of halogens is 1. The lowest BCUT2D eigenvalue weighted by Crippen LogP contribution is -2.42. The molecule has 1 aromatic carbocycles. The molecule has 2 rings (SSSR count). The van der Waals surface area contributed by atoms with E-state index in [0.29, 0.717) is 13.2 Å². The summed E-state index contributed by atoms with van der Waals surface area (Å²) >= 11 is 0. The lowest BCUT2D eigenvalue weighted by molar-refractivity contribution is -0.0405. The molecule has 1 aromatic rings. The van der Waals surface area contributed by atoms with Crippen LogP contribution in [0.2, 0.25) is 0 Å². The summed E-state index contributed by atoms with van der Waals surface area (Å²) in [6.45, 7) is 2.38. The van der Waals surface area contributed by atoms with Crippen LogP contribution in [-0.4, -0.2) is 55.4 Å². The Kier molecular flexibility index (Phi) is 4.34. The summed E-state index contributed by atoms with van der Waals surface area (Å²) in [6, 6.07) is 3.96. The molecule has 0 aromatic heterocycles. The van der Waals surface area contributed by atoms with Crippen LogP contribution in [0, 0.1) is 5.82 Å². The zero-order chi connectivity index (χ0) is 13.8. The number of ether oxygens (including phenoxy) is 2. The van der Waals surface area contributed by atoms with Crippen LogP contribution in [0.15, 0.2) is 18.2 Å². The van der Waals surface area contributed by atoms with Crippen LogP contribution in [0.3, 0.4) is 0 Å². The van der Waals surface area contributed by atoms with Gasteiger partial charge in [0.1, 0.15) is 29.8 Å². The Morgan fingerprint density at radius 2 is 2.42 bits per heavy atom. The minimum atomic E-state index is -1.34. The number of carboxylic acids is 1. The standard InChI is InChI=1S/C13H16FNO4/c1-15-5-6-18-9(7-15)8-19-11-4-2-3-10(14)12(11)13(16)17/h2-4,9H,5-8H2,1H3,(H,16,17). The molecule has 0 bridgehead atoms. The lowest BCUT2D eigenvalue weighted by Gasteiger charge is -2.29. The summed E-state index contributed by atoms with van der Waals surface area (Å²) in [4.78, 5) is 13.1. The van der Waals surface area contributed by atoms with Gasteiger partial charge in [-0.2, -0.15) is 0 Å². The van der Waals surface area contributed by atoms with Crippen molar-refractivity contribution in [3.8, 4) is 5.75 Å². The molecule has 1 N–H and O–H groups in total. The molecule has 19 heavy (non-hydrogen) atoms. The highest BCUT2D eigenvalue weighted by molar-refractivity contribution is 5.91. The number of carboxylic acid groups (broad SMARTS) is 1. The van der Waals surface area contributed by atoms with Crippen molar-refractivity contribution in [2.45, 2.75) is 6.10 Å². The Labute approximate surface area is 110 Å². The molecule has 1 unspecified atom stereocenters. The normalized spacial score (nSPS) is 20.2. The van der Waals surface area contributed by atoms with Gasteiger partial charge in [-0.25, -0.2) is 9.18 Å². The number of hydrogen-bond donors (Lipinski definition) is 1. The third-order valence-electron chi connectivity index (χ3n) is 2.96. The zero-order valence-electron chi connectivity index (χ0n) is 10.6. The van der Waals surface area contributed by atoms with E-state index in [0.717, 1.165) is 12.6 Å². The average Bonchev–Trinajstić information content (AvgIpc) is 2.36. The van der Waals surface area contributed by atoms with Crippen LogP contribution in [0.4, 0.5) is 4.39 Å². The first-order valence-electron chi connectivity index (χ1n) is 6.02. The molecule has 1 aliphatic rings. The summed E-state index contributed by atoms with van der Waals surface area (Å²) in [5.41, 5.74) is -0.438. The van der Waals surface area contributed by atoms with Crippen molar-refractivity contribution >= 4 is 5.97 Å². The molecule has 6 heteroatoms. The largest absolute Gasteiger partial charge is 0.490 e. The molecule has 0 amide bonds. The van der Waals surface area contributed by atoms with E-state index in [1.54, 1.807) is 0 Å². The van der Waals surface area contributed by atoms with Gasteiger partial charge in [0.05, 0.1) is 6.61 Å². The van der Waals surface area contributed by atoms with Crippen LogP contribution < -0.4 is 4.74 Å². The van der Waals surface area contributed by atoms with E-state index in [-0.39, 0.29) is 18.5 Å². The number of benzene rings is 1. The number of nitrogens with zero attached hydrogens (tertiary/aromatic N) is 1. The number of aromatic carboxylic acids is 1. The van der Waals surface area contributed by atoms with E-state index in [1.165, 1.54) is 12.1 Å². The molecule has 0 radical (unpaired) electrons. The smallest absolute Gasteiger partial charge is 0.342 e. The van der Waals surface area contributed by atoms with Gasteiger partial charge in [-0.05, 0) is 19.2 Å². The van der Waals surface area contributed by atoms with Crippen LogP contribution in [0.25, 0.3) is 0 Å². The van der Waals surface area contributed by atoms with E-state index in [2.05, 4.69) is 4.90 Å². The maximum atomic E-state index is 13.4. The van der Waals surface area contributed by atoms with Gasteiger partial charge in [-0.15, -0.1) is 0 Å². The fourth-order valence-electron chi connectivity index (χ4n) is 1.98. The van der Waals surface area contributed by atoms with Crippen molar-refractivity contribution in [1.82, 2.24) is 4.90 Å². The van der Waals surface area contributed by atoms with Crippen molar-refractivity contribution in [1.29, 1.82) is 0 Å². The number of morpholine rings is 1. The average molecular weight is 269 g/mol. The molecule has 1 atom stereocenters. The number of carbonyl (C=O) groups is 1. The van der Waals surface area contributed by atoms with Gasteiger partial charge < -0.3 is 19.5 Å². The SMILES string of the molecule is CN1CCOC(COc2cccc(F)c2C(=O)O)C1. The second kappa shape index (κ2) is 5.99. The minimum Gasteiger partial charge on any atom is -0.490 e. The maximum Gasteiger partial charge on any atom is 0.342 e. The van der Waals surface area contributed by atoms with Gasteiger partial charge in [0, 0.05) is 13.1 Å². The molecule has 1 fully saturated rings. The molecule has 104 valence electrons. The second-order valence-electron chi connectivity index (χ2n) is 4.48. The molecule has 1 aliphatic heterocycles. The van der Waals surface area contributed by atoms with Crippen molar-refractivity contribution < 1.29 is 23.8 Å². The summed E-state index contributed by atoms with van der Waals surface area (Å²) in [7, 11) is 1.97. The number of likely N-dealkylation sites (N-methyl/N-ethyl adjacent to an activating group) is 1. The van der Waals surface area contributed by atoms with Crippen LogP contribution in [0.5, 0.6) is 5.75 Å². The molecule has 5 nitrogen and oxygen atoms in total. The Balaban J connectivity index is 2.03. The van der Waals surface area contributed by atoms with Gasteiger partial charge in [-0.3, -0.25) is 0 Å². The molecule has 0 saturated carbocycles. The van der Waals surface area contributed by atoms with Crippen molar-refractivity contribution in [3.05, 3.63) is 29.6 Å². The first-order valence-corrected chi connectivity index (χ1v) is 6.02. The van der Waals surface area contributed by atoms with Gasteiger partial charge in [0.15, 0.2) is 0 Å². The highest BCUT2D eigenvalue weighted by atomic mass is 19.1. The third-order valence-corrected chi connectivity index (χ3v) is 2.96. The van der Waals surface area contributed by atoms with E-state index in [4.69, 9.17) is 14.6 Å². The third kappa shape index (κ3) is 3.42. The number of rotatable bonds is 4. The number of hydrogen-bond acceptors (Lipinski definition) is 4. The maximum absolute atomic E-state index is 13.4. The highest BCUT2D eigenvalue weighted by Crippen LogP contribution is 2.22. The first kappa shape index (κ1) is 13.8. The van der Waals surface area contributed by atoms with Crippen molar-refractivity contribution in [2.24, 2.45) is 0 Å². The summed E-state index contributed by atoms with van der Waals surface area (Å²) in [5.74, 6) is -2.11. The Morgan fingerprint density at radius 1 is 1.63 bits per heavy atom. The molecule has 0 aliphatic carbocycles. The Morgan fingerprint density at radius 3 is 3.11 bits per heavy atom. The predicted octanol–water partition coefficient (Wildman–Crippen LogP) is 1.23. The van der Waals surface area contributed by atoms with E-state index < -0.39 is 17.3 Å². The summed E-state index contributed by atoms with van der Waals surface area (Å²) in [6.07, 6.45) is -0.135. The molecular formula is C13H16FNO4.